The molecule has 0 aliphatic heterocycles. The normalized spacial score (nSPS) is 19.5. The van der Waals surface area contributed by atoms with Crippen LogP contribution < -0.4 is 0 Å². The van der Waals surface area contributed by atoms with E-state index in [2.05, 4.69) is 78.9 Å². The molecule has 0 heterocycles. The zero-order valence-corrected chi connectivity index (χ0v) is 13.2. The first kappa shape index (κ1) is 13.1. The summed E-state index contributed by atoms with van der Waals surface area (Å²) >= 11 is 2.45. The van der Waals surface area contributed by atoms with Gasteiger partial charge in [-0.2, -0.15) is 0 Å². The summed E-state index contributed by atoms with van der Waals surface area (Å²) in [5.41, 5.74) is 0. The Kier molecular flexibility index (Phi) is 4.38. The molecule has 0 saturated carbocycles. The van der Waals surface area contributed by atoms with Gasteiger partial charge in [-0.05, 0) is 0 Å². The van der Waals surface area contributed by atoms with E-state index < -0.39 is 0 Å². The molecule has 0 saturated heterocycles. The summed E-state index contributed by atoms with van der Waals surface area (Å²) in [6.45, 7) is 6.80. The fraction of sp³-hybridized carbons (Fsp3) is 1.00. The largest absolute Gasteiger partial charge is 0.129 e. The van der Waals surface area contributed by atoms with Crippen molar-refractivity contribution in [1.29, 1.82) is 0 Å². The van der Waals surface area contributed by atoms with Gasteiger partial charge in [0, 0.05) is 5.16 Å². The van der Waals surface area contributed by atoms with Crippen LogP contribution in [0.1, 0.15) is 20.8 Å². The predicted molar refractivity (Wildman–Crippen MR) is 76.9 cm³/mol. The highest BCUT2D eigenvalue weighted by Crippen LogP contribution is 2.59. The third-order valence-corrected chi connectivity index (χ3v) is 7.27. The standard InChI is InChI=1S/C6H17BIP3/c1-4(2,7)5(3,9)6(8,10)11/h7,9-11H2,1-3H3. The SMILES string of the molecule is BC(C)(C)C(C)(P)C(P)(P)I. The van der Waals surface area contributed by atoms with Crippen molar-refractivity contribution in [2.45, 2.75) is 34.1 Å². The molecule has 0 fully saturated rings. The van der Waals surface area contributed by atoms with Crippen molar-refractivity contribution in [3.05, 3.63) is 0 Å². The van der Waals surface area contributed by atoms with Gasteiger partial charge in [0.25, 0.3) is 0 Å². The highest BCUT2D eigenvalue weighted by molar-refractivity contribution is 14.1. The zero-order valence-electron chi connectivity index (χ0n) is 7.61. The Morgan fingerprint density at radius 1 is 1.09 bits per heavy atom. The molecule has 5 heteroatoms. The molecular weight excluding hydrogens is 303 g/mol. The van der Waals surface area contributed by atoms with Crippen molar-refractivity contribution in [3.63, 3.8) is 0 Å². The van der Waals surface area contributed by atoms with E-state index in [9.17, 15) is 0 Å². The van der Waals surface area contributed by atoms with Crippen LogP contribution in [0, 0.1) is 0 Å². The summed E-state index contributed by atoms with van der Waals surface area (Å²) < 4.78 is 0.147. The summed E-state index contributed by atoms with van der Waals surface area (Å²) in [4.78, 5) is 0. The minimum absolute atomic E-state index is 0.147. The fourth-order valence-electron chi connectivity index (χ4n) is 0.575. The first-order valence-electron chi connectivity index (χ1n) is 3.56. The van der Waals surface area contributed by atoms with E-state index in [0.717, 1.165) is 0 Å². The lowest BCUT2D eigenvalue weighted by molar-refractivity contribution is 0.513. The fourth-order valence-corrected chi connectivity index (χ4v) is 2.25. The van der Waals surface area contributed by atoms with Crippen molar-refractivity contribution in [2.24, 2.45) is 0 Å². The van der Waals surface area contributed by atoms with Gasteiger partial charge in [0.15, 0.2) is 0 Å². The summed E-state index contributed by atoms with van der Waals surface area (Å²) in [5, 5.41) is 0.498. The maximum Gasteiger partial charge on any atom is 0.110 e. The third-order valence-electron chi connectivity index (χ3n) is 2.35. The van der Waals surface area contributed by atoms with Gasteiger partial charge < -0.3 is 0 Å². The van der Waals surface area contributed by atoms with Crippen LogP contribution >= 0.6 is 50.3 Å². The Labute approximate surface area is 92.0 Å². The first-order valence-corrected chi connectivity index (χ1v) is 6.37. The Bertz CT molecular complexity index is 129. The molecule has 0 N–H and O–H groups in total. The van der Waals surface area contributed by atoms with Crippen LogP contribution in [0.25, 0.3) is 0 Å². The summed E-state index contributed by atoms with van der Waals surface area (Å²) in [5.74, 6) is 0. The molecule has 0 radical (unpaired) electrons. The molecule has 11 heavy (non-hydrogen) atoms. The topological polar surface area (TPSA) is 0 Å². The minimum Gasteiger partial charge on any atom is -0.129 e. The zero-order chi connectivity index (χ0) is 9.50. The van der Waals surface area contributed by atoms with Gasteiger partial charge in [-0.25, -0.2) is 0 Å². The molecule has 4 atom stereocenters. The number of rotatable bonds is 2. The molecule has 66 valence electrons. The van der Waals surface area contributed by atoms with Gasteiger partial charge in [-0.1, -0.05) is 48.7 Å². The molecule has 0 aromatic carbocycles. The quantitative estimate of drug-likeness (QED) is 0.317. The highest BCUT2D eigenvalue weighted by atomic mass is 127. The molecule has 4 unspecified atom stereocenters. The molecule has 0 aliphatic rings. The molecule has 0 amide bonds. The highest BCUT2D eigenvalue weighted by Gasteiger charge is 2.44. The van der Waals surface area contributed by atoms with E-state index >= 15 is 0 Å². The predicted octanol–water partition coefficient (Wildman–Crippen LogP) is 2.29. The number of halogens is 1. The maximum atomic E-state index is 2.96. The second-order valence-corrected chi connectivity index (χ2v) is 12.0. The van der Waals surface area contributed by atoms with E-state index in [1.807, 2.05) is 0 Å². The Hall–Kier alpha value is 2.08. The molecule has 0 bridgehead atoms. The average molecular weight is 320 g/mol. The second kappa shape index (κ2) is 3.68. The van der Waals surface area contributed by atoms with E-state index in [1.165, 1.54) is 0 Å². The van der Waals surface area contributed by atoms with Gasteiger partial charge >= 0.3 is 0 Å². The van der Waals surface area contributed by atoms with Crippen molar-refractivity contribution in [1.82, 2.24) is 0 Å². The summed E-state index contributed by atoms with van der Waals surface area (Å²) in [7, 11) is 11.0. The van der Waals surface area contributed by atoms with Crippen LogP contribution in [0.3, 0.4) is 0 Å². The Morgan fingerprint density at radius 3 is 1.36 bits per heavy atom. The summed E-state index contributed by atoms with van der Waals surface area (Å²) in [6, 6.07) is 0. The van der Waals surface area contributed by atoms with Gasteiger partial charge in [0.05, 0.1) is 2.90 Å². The maximum absolute atomic E-state index is 2.96. The van der Waals surface area contributed by atoms with E-state index in [4.69, 9.17) is 0 Å². The van der Waals surface area contributed by atoms with Crippen molar-refractivity contribution in [3.8, 4) is 0 Å². The number of hydrogen-bond donors (Lipinski definition) is 0. The minimum atomic E-state index is 0.147. The van der Waals surface area contributed by atoms with Crippen LogP contribution in [0.5, 0.6) is 0 Å². The van der Waals surface area contributed by atoms with Crippen molar-refractivity contribution < 1.29 is 0 Å². The Morgan fingerprint density at radius 2 is 1.36 bits per heavy atom. The van der Waals surface area contributed by atoms with Crippen LogP contribution in [-0.4, -0.2) is 15.9 Å². The van der Waals surface area contributed by atoms with Gasteiger partial charge in [0.1, 0.15) is 7.85 Å². The summed E-state index contributed by atoms with van der Waals surface area (Å²) in [6.07, 6.45) is 0. The number of hydrogen-bond acceptors (Lipinski definition) is 0. The third kappa shape index (κ3) is 3.05. The van der Waals surface area contributed by atoms with Gasteiger partial charge in [-0.3, -0.25) is 0 Å². The molecule has 0 nitrogen and oxygen atoms in total. The Balaban J connectivity index is 4.75. The lowest BCUT2D eigenvalue weighted by Gasteiger charge is -2.47. The van der Waals surface area contributed by atoms with E-state index in [0.29, 0.717) is 5.31 Å². The average Bonchev–Trinajstić information content (AvgIpc) is 1.58. The van der Waals surface area contributed by atoms with Crippen LogP contribution in [-0.2, 0) is 0 Å². The molecule has 0 aliphatic carbocycles. The lowest BCUT2D eigenvalue weighted by atomic mass is 9.64. The molecule has 0 aromatic rings. The van der Waals surface area contributed by atoms with Gasteiger partial charge in [-0.15, -0.1) is 27.7 Å². The number of alkyl halides is 1. The van der Waals surface area contributed by atoms with Crippen molar-refractivity contribution >= 4 is 58.2 Å². The molecule has 0 aromatic heterocycles. The monoisotopic (exact) mass is 320 g/mol. The van der Waals surface area contributed by atoms with Crippen LogP contribution in [0.15, 0.2) is 0 Å². The van der Waals surface area contributed by atoms with Crippen molar-refractivity contribution in [2.75, 3.05) is 0 Å². The molecular formula is C6H17BIP3. The van der Waals surface area contributed by atoms with E-state index in [-0.39, 0.29) is 8.06 Å². The smallest absolute Gasteiger partial charge is 0.110 e. The lowest BCUT2D eigenvalue weighted by Crippen LogP contribution is -2.41. The van der Waals surface area contributed by atoms with Crippen LogP contribution in [0.4, 0.5) is 0 Å². The molecule has 0 rings (SSSR count). The van der Waals surface area contributed by atoms with Crippen LogP contribution in [0.2, 0.25) is 5.31 Å². The first-order chi connectivity index (χ1) is 4.50. The molecule has 0 spiro atoms. The second-order valence-electron chi connectivity index (χ2n) is 4.22. The van der Waals surface area contributed by atoms with Gasteiger partial charge in [0.2, 0.25) is 0 Å². The van der Waals surface area contributed by atoms with E-state index in [1.54, 1.807) is 0 Å².